The molecular formula is C12H23N3. The number of fused-ring (bicyclic) bond motifs is 3. The van der Waals surface area contributed by atoms with Gasteiger partial charge in [-0.1, -0.05) is 0 Å². The highest BCUT2D eigenvalue weighted by atomic mass is 15.3. The van der Waals surface area contributed by atoms with Gasteiger partial charge in [0.25, 0.3) is 0 Å². The first-order valence-electron chi connectivity index (χ1n) is 6.48. The van der Waals surface area contributed by atoms with E-state index in [0.29, 0.717) is 0 Å². The minimum atomic E-state index is 0.890. The molecular weight excluding hydrogens is 186 g/mol. The fourth-order valence-corrected chi connectivity index (χ4v) is 3.50. The Bertz CT molecular complexity index is 215. The fraction of sp³-hybridized carbons (Fsp3) is 1.00. The summed E-state index contributed by atoms with van der Waals surface area (Å²) in [5, 5.41) is 0. The number of piperazine rings is 1. The van der Waals surface area contributed by atoms with Gasteiger partial charge < -0.3 is 9.80 Å². The lowest BCUT2D eigenvalue weighted by Gasteiger charge is -2.50. The zero-order valence-electron chi connectivity index (χ0n) is 9.86. The molecule has 0 saturated carbocycles. The van der Waals surface area contributed by atoms with Crippen molar-refractivity contribution >= 4 is 0 Å². The molecule has 0 spiro atoms. The highest BCUT2D eigenvalue weighted by molar-refractivity contribution is 4.93. The number of nitrogens with zero attached hydrogens (tertiary/aromatic N) is 3. The van der Waals surface area contributed by atoms with E-state index < -0.39 is 0 Å². The van der Waals surface area contributed by atoms with E-state index in [9.17, 15) is 0 Å². The molecule has 0 aromatic heterocycles. The van der Waals surface area contributed by atoms with Crippen LogP contribution in [0.4, 0.5) is 0 Å². The molecule has 2 bridgehead atoms. The summed E-state index contributed by atoms with van der Waals surface area (Å²) in [5.74, 6) is 1.01. The van der Waals surface area contributed by atoms with Crippen molar-refractivity contribution in [2.24, 2.45) is 5.92 Å². The molecule has 86 valence electrons. The predicted octanol–water partition coefficient (Wildman–Crippen LogP) is 0.328. The minimum Gasteiger partial charge on any atom is -0.304 e. The summed E-state index contributed by atoms with van der Waals surface area (Å²) in [4.78, 5) is 7.89. The summed E-state index contributed by atoms with van der Waals surface area (Å²) in [7, 11) is 2.24. The van der Waals surface area contributed by atoms with Gasteiger partial charge in [0, 0.05) is 38.8 Å². The molecule has 4 aliphatic rings. The number of hydrogen-bond donors (Lipinski definition) is 0. The molecule has 3 nitrogen and oxygen atoms in total. The summed E-state index contributed by atoms with van der Waals surface area (Å²) in [6.45, 7) is 9.22. The van der Waals surface area contributed by atoms with Crippen molar-refractivity contribution in [3.8, 4) is 0 Å². The largest absolute Gasteiger partial charge is 0.304 e. The molecule has 15 heavy (non-hydrogen) atoms. The average molecular weight is 209 g/mol. The van der Waals surface area contributed by atoms with Gasteiger partial charge in [-0.3, -0.25) is 4.90 Å². The Morgan fingerprint density at radius 1 is 0.867 bits per heavy atom. The van der Waals surface area contributed by atoms with Crippen molar-refractivity contribution in [3.63, 3.8) is 0 Å². The topological polar surface area (TPSA) is 9.72 Å². The second-order valence-corrected chi connectivity index (χ2v) is 5.54. The van der Waals surface area contributed by atoms with Gasteiger partial charge in [0.2, 0.25) is 0 Å². The summed E-state index contributed by atoms with van der Waals surface area (Å²) >= 11 is 0. The minimum absolute atomic E-state index is 0.890. The van der Waals surface area contributed by atoms with Gasteiger partial charge in [-0.15, -0.1) is 0 Å². The summed E-state index contributed by atoms with van der Waals surface area (Å²) in [6, 6.07) is 0.890. The molecule has 1 atom stereocenters. The van der Waals surface area contributed by atoms with Crippen LogP contribution in [0.3, 0.4) is 0 Å². The Morgan fingerprint density at radius 2 is 1.53 bits per heavy atom. The van der Waals surface area contributed by atoms with E-state index in [0.717, 1.165) is 12.0 Å². The molecule has 1 unspecified atom stereocenters. The lowest BCUT2D eigenvalue weighted by molar-refractivity contribution is -0.0120. The Hall–Kier alpha value is -0.120. The maximum Gasteiger partial charge on any atom is 0.0253 e. The third-order valence-electron chi connectivity index (χ3n) is 4.63. The van der Waals surface area contributed by atoms with Crippen LogP contribution < -0.4 is 0 Å². The highest BCUT2D eigenvalue weighted by Crippen LogP contribution is 2.31. The van der Waals surface area contributed by atoms with E-state index in [-0.39, 0.29) is 0 Å². The van der Waals surface area contributed by atoms with Gasteiger partial charge in [0.05, 0.1) is 0 Å². The van der Waals surface area contributed by atoms with E-state index >= 15 is 0 Å². The van der Waals surface area contributed by atoms with Crippen molar-refractivity contribution in [1.82, 2.24) is 14.7 Å². The maximum absolute atomic E-state index is 2.76. The SMILES string of the molecule is CN1CCN(C2CN3CCC2CC3)CC1. The van der Waals surface area contributed by atoms with Crippen molar-refractivity contribution < 1.29 is 0 Å². The van der Waals surface area contributed by atoms with E-state index in [2.05, 4.69) is 21.7 Å². The number of rotatable bonds is 1. The van der Waals surface area contributed by atoms with Gasteiger partial charge in [-0.2, -0.15) is 0 Å². The Kier molecular flexibility index (Phi) is 2.71. The molecule has 0 aliphatic carbocycles. The van der Waals surface area contributed by atoms with Crippen LogP contribution in [0.1, 0.15) is 12.8 Å². The lowest BCUT2D eigenvalue weighted by Crippen LogP contribution is -2.60. The van der Waals surface area contributed by atoms with Crippen LogP contribution in [0.5, 0.6) is 0 Å². The maximum atomic E-state index is 2.76. The Balaban J connectivity index is 1.62. The van der Waals surface area contributed by atoms with Gasteiger partial charge in [0.1, 0.15) is 0 Å². The van der Waals surface area contributed by atoms with Crippen molar-refractivity contribution in [2.75, 3.05) is 52.9 Å². The average Bonchev–Trinajstić information content (AvgIpc) is 2.31. The van der Waals surface area contributed by atoms with Crippen molar-refractivity contribution in [3.05, 3.63) is 0 Å². The van der Waals surface area contributed by atoms with E-state index in [1.807, 2.05) is 0 Å². The molecule has 0 amide bonds. The van der Waals surface area contributed by atoms with Gasteiger partial charge in [-0.25, -0.2) is 0 Å². The molecule has 0 aromatic carbocycles. The molecule has 4 fully saturated rings. The second kappa shape index (κ2) is 4.04. The first-order valence-corrected chi connectivity index (χ1v) is 6.48. The lowest BCUT2D eigenvalue weighted by atomic mass is 9.83. The van der Waals surface area contributed by atoms with Crippen LogP contribution in [-0.2, 0) is 0 Å². The smallest absolute Gasteiger partial charge is 0.0253 e. The predicted molar refractivity (Wildman–Crippen MR) is 62.0 cm³/mol. The fourth-order valence-electron chi connectivity index (χ4n) is 3.50. The zero-order chi connectivity index (χ0) is 10.3. The first-order chi connectivity index (χ1) is 7.33. The van der Waals surface area contributed by atoms with Crippen LogP contribution in [0.15, 0.2) is 0 Å². The summed E-state index contributed by atoms with van der Waals surface area (Å²) < 4.78 is 0. The van der Waals surface area contributed by atoms with E-state index in [4.69, 9.17) is 0 Å². The monoisotopic (exact) mass is 209 g/mol. The van der Waals surface area contributed by atoms with E-state index in [1.54, 1.807) is 0 Å². The first kappa shape index (κ1) is 10.1. The van der Waals surface area contributed by atoms with Crippen LogP contribution in [0.25, 0.3) is 0 Å². The molecule has 3 heteroatoms. The number of likely N-dealkylation sites (N-methyl/N-ethyl adjacent to an activating group) is 1. The third kappa shape index (κ3) is 1.93. The zero-order valence-corrected chi connectivity index (χ0v) is 9.86. The third-order valence-corrected chi connectivity index (χ3v) is 4.63. The molecule has 4 heterocycles. The quantitative estimate of drug-likeness (QED) is 0.616. The second-order valence-electron chi connectivity index (χ2n) is 5.54. The Morgan fingerprint density at radius 3 is 2.07 bits per heavy atom. The van der Waals surface area contributed by atoms with Crippen LogP contribution in [-0.4, -0.2) is 73.6 Å². The van der Waals surface area contributed by atoms with Gasteiger partial charge >= 0.3 is 0 Å². The number of piperidine rings is 3. The molecule has 0 radical (unpaired) electrons. The van der Waals surface area contributed by atoms with Crippen LogP contribution in [0, 0.1) is 5.92 Å². The van der Waals surface area contributed by atoms with E-state index in [1.165, 1.54) is 58.7 Å². The molecule has 0 aromatic rings. The summed E-state index contributed by atoms with van der Waals surface area (Å²) in [5.41, 5.74) is 0. The van der Waals surface area contributed by atoms with Crippen LogP contribution in [0.2, 0.25) is 0 Å². The highest BCUT2D eigenvalue weighted by Gasteiger charge is 2.37. The van der Waals surface area contributed by atoms with Gasteiger partial charge in [0.15, 0.2) is 0 Å². The molecule has 4 saturated heterocycles. The molecule has 4 aliphatic heterocycles. The van der Waals surface area contributed by atoms with Crippen LogP contribution >= 0.6 is 0 Å². The molecule has 0 N–H and O–H groups in total. The molecule has 4 rings (SSSR count). The van der Waals surface area contributed by atoms with Gasteiger partial charge in [-0.05, 0) is 38.9 Å². The summed E-state index contributed by atoms with van der Waals surface area (Å²) in [6.07, 6.45) is 2.91. The normalized spacial score (nSPS) is 43.4. The Labute approximate surface area is 93.0 Å². The number of hydrogen-bond acceptors (Lipinski definition) is 3. The standard InChI is InChI=1S/C12H23N3/c1-13-6-8-15(9-7-13)12-10-14-4-2-11(12)3-5-14/h11-12H,2-10H2,1H3. The van der Waals surface area contributed by atoms with Crippen molar-refractivity contribution in [2.45, 2.75) is 18.9 Å². The van der Waals surface area contributed by atoms with Crippen molar-refractivity contribution in [1.29, 1.82) is 0 Å².